The predicted molar refractivity (Wildman–Crippen MR) is 93.0 cm³/mol. The second-order valence-electron chi connectivity index (χ2n) is 6.04. The fourth-order valence-corrected chi connectivity index (χ4v) is 4.76. The molecule has 0 aliphatic rings. The van der Waals surface area contributed by atoms with E-state index in [1.807, 2.05) is 0 Å². The van der Waals surface area contributed by atoms with Crippen molar-refractivity contribution in [3.05, 3.63) is 60.2 Å². The Hall–Kier alpha value is -2.94. The van der Waals surface area contributed by atoms with Crippen molar-refractivity contribution >= 4 is 31.6 Å². The molecule has 0 unspecified atom stereocenters. The number of alkyl halides is 3. The minimum atomic E-state index is -4.85. The lowest BCUT2D eigenvalue weighted by atomic mass is 10.2. The second-order valence-corrected chi connectivity index (χ2v) is 7.93. The van der Waals surface area contributed by atoms with Crippen LogP contribution in [-0.2, 0) is 16.0 Å². The lowest BCUT2D eigenvalue weighted by molar-refractivity contribution is -0.139. The van der Waals surface area contributed by atoms with Crippen LogP contribution in [0.1, 0.15) is 11.4 Å². The molecule has 0 spiro atoms. The van der Waals surface area contributed by atoms with Crippen molar-refractivity contribution < 1.29 is 21.6 Å². The van der Waals surface area contributed by atoms with Crippen LogP contribution in [-0.4, -0.2) is 23.4 Å². The number of fused-ring (bicyclic) bond motifs is 2. The first-order valence-corrected chi connectivity index (χ1v) is 9.31. The first kappa shape index (κ1) is 17.5. The molecule has 0 fully saturated rings. The largest absolute Gasteiger partial charge is 0.417 e. The van der Waals surface area contributed by atoms with E-state index >= 15 is 0 Å². The van der Waals surface area contributed by atoms with Gasteiger partial charge in [0.1, 0.15) is 5.82 Å². The van der Waals surface area contributed by atoms with Crippen molar-refractivity contribution in [2.45, 2.75) is 22.9 Å². The highest BCUT2D eigenvalue weighted by molar-refractivity contribution is 7.91. The minimum absolute atomic E-state index is 0.126. The number of hydrogen-bond acceptors (Lipinski definition) is 4. The van der Waals surface area contributed by atoms with E-state index in [4.69, 9.17) is 0 Å². The highest BCUT2D eigenvalue weighted by Crippen LogP contribution is 2.39. The molecule has 0 saturated carbocycles. The SMILES string of the molecule is Cc1nc2cc(S(=O)(=O)c3cccc4cnccc34)c(C(F)(F)F)cc2[nH]1. The van der Waals surface area contributed by atoms with Gasteiger partial charge in [-0.15, -0.1) is 0 Å². The first-order chi connectivity index (χ1) is 12.7. The topological polar surface area (TPSA) is 75.7 Å². The van der Waals surface area contributed by atoms with Crippen LogP contribution in [0.3, 0.4) is 0 Å². The van der Waals surface area contributed by atoms with Crippen molar-refractivity contribution in [2.24, 2.45) is 0 Å². The van der Waals surface area contributed by atoms with Crippen LogP contribution in [0.15, 0.2) is 58.6 Å². The maximum atomic E-state index is 13.6. The number of rotatable bonds is 2. The molecule has 0 aliphatic heterocycles. The van der Waals surface area contributed by atoms with E-state index < -0.39 is 26.5 Å². The molecule has 4 aromatic rings. The molecule has 2 heterocycles. The van der Waals surface area contributed by atoms with Crippen molar-refractivity contribution in [3.8, 4) is 0 Å². The van der Waals surface area contributed by atoms with Gasteiger partial charge in [0.25, 0.3) is 0 Å². The predicted octanol–water partition coefficient (Wildman–Crippen LogP) is 4.27. The quantitative estimate of drug-likeness (QED) is 0.554. The van der Waals surface area contributed by atoms with E-state index in [1.165, 1.54) is 30.6 Å². The number of H-pyrrole nitrogens is 1. The van der Waals surface area contributed by atoms with Gasteiger partial charge in [-0.3, -0.25) is 4.98 Å². The van der Waals surface area contributed by atoms with Crippen LogP contribution in [0.25, 0.3) is 21.8 Å². The number of hydrogen-bond donors (Lipinski definition) is 1. The van der Waals surface area contributed by atoms with E-state index in [0.29, 0.717) is 16.6 Å². The number of sulfone groups is 1. The van der Waals surface area contributed by atoms with E-state index in [0.717, 1.165) is 12.1 Å². The Morgan fingerprint density at radius 2 is 1.85 bits per heavy atom. The highest BCUT2D eigenvalue weighted by Gasteiger charge is 2.39. The molecule has 2 aromatic heterocycles. The summed E-state index contributed by atoms with van der Waals surface area (Å²) in [4.78, 5) is 9.66. The molecule has 1 N–H and O–H groups in total. The molecule has 138 valence electrons. The summed E-state index contributed by atoms with van der Waals surface area (Å²) in [6, 6.07) is 7.63. The Balaban J connectivity index is 2.08. The van der Waals surface area contributed by atoms with Crippen molar-refractivity contribution in [2.75, 3.05) is 0 Å². The van der Waals surface area contributed by atoms with E-state index in [9.17, 15) is 21.6 Å². The number of halogens is 3. The summed E-state index contributed by atoms with van der Waals surface area (Å²) in [5, 5.41) is 0.822. The monoisotopic (exact) mass is 391 g/mol. The summed E-state index contributed by atoms with van der Waals surface area (Å²) in [5.41, 5.74) is -0.952. The molecular formula is C18H12F3N3O2S. The van der Waals surface area contributed by atoms with Crippen LogP contribution < -0.4 is 0 Å². The van der Waals surface area contributed by atoms with Gasteiger partial charge in [-0.1, -0.05) is 12.1 Å². The van der Waals surface area contributed by atoms with Crippen molar-refractivity contribution in [1.82, 2.24) is 15.0 Å². The van der Waals surface area contributed by atoms with Crippen LogP contribution in [0, 0.1) is 6.92 Å². The van der Waals surface area contributed by atoms with Gasteiger partial charge in [-0.2, -0.15) is 13.2 Å². The van der Waals surface area contributed by atoms with Gasteiger partial charge >= 0.3 is 6.18 Å². The third-order valence-electron chi connectivity index (χ3n) is 4.23. The third-order valence-corrected chi connectivity index (χ3v) is 6.08. The maximum Gasteiger partial charge on any atom is 0.417 e. The lowest BCUT2D eigenvalue weighted by Gasteiger charge is -2.14. The van der Waals surface area contributed by atoms with Crippen LogP contribution in [0.4, 0.5) is 13.2 Å². The minimum Gasteiger partial charge on any atom is -0.342 e. The number of imidazole rings is 1. The fraction of sp³-hybridized carbons (Fsp3) is 0.111. The lowest BCUT2D eigenvalue weighted by Crippen LogP contribution is -2.14. The normalized spacial score (nSPS) is 12.7. The molecule has 2 aromatic carbocycles. The molecule has 0 aliphatic carbocycles. The molecule has 0 saturated heterocycles. The smallest absolute Gasteiger partial charge is 0.342 e. The molecule has 0 atom stereocenters. The van der Waals surface area contributed by atoms with Gasteiger partial charge in [0, 0.05) is 23.2 Å². The van der Waals surface area contributed by atoms with Crippen LogP contribution >= 0.6 is 0 Å². The summed E-state index contributed by atoms with van der Waals surface area (Å²) < 4.78 is 67.3. The molecule has 0 amide bonds. The molecule has 9 heteroatoms. The molecule has 4 rings (SSSR count). The summed E-state index contributed by atoms with van der Waals surface area (Å²) in [7, 11) is -4.46. The van der Waals surface area contributed by atoms with E-state index in [2.05, 4.69) is 15.0 Å². The van der Waals surface area contributed by atoms with Gasteiger partial charge in [0.05, 0.1) is 26.4 Å². The van der Waals surface area contributed by atoms with E-state index in [1.54, 1.807) is 13.0 Å². The second kappa shape index (κ2) is 5.78. The molecule has 27 heavy (non-hydrogen) atoms. The number of aryl methyl sites for hydroxylation is 1. The number of nitrogens with one attached hydrogen (secondary N) is 1. The van der Waals surface area contributed by atoms with Gasteiger partial charge in [-0.05, 0) is 31.2 Å². The Morgan fingerprint density at radius 3 is 2.59 bits per heavy atom. The maximum absolute atomic E-state index is 13.6. The third kappa shape index (κ3) is 2.84. The zero-order chi connectivity index (χ0) is 19.4. The van der Waals surface area contributed by atoms with Crippen LogP contribution in [0.2, 0.25) is 0 Å². The zero-order valence-electron chi connectivity index (χ0n) is 13.9. The number of aromatic nitrogens is 3. The Bertz CT molecular complexity index is 1290. The van der Waals surface area contributed by atoms with Crippen molar-refractivity contribution in [1.29, 1.82) is 0 Å². The Kier molecular flexibility index (Phi) is 3.74. The van der Waals surface area contributed by atoms with Gasteiger partial charge in [-0.25, -0.2) is 13.4 Å². The van der Waals surface area contributed by atoms with Gasteiger partial charge < -0.3 is 4.98 Å². The summed E-state index contributed by atoms with van der Waals surface area (Å²) in [6.45, 7) is 1.58. The highest BCUT2D eigenvalue weighted by atomic mass is 32.2. The standard InChI is InChI=1S/C18H12F3N3O2S/c1-10-23-14-7-13(18(19,20)21)17(8-15(14)24-10)27(25,26)16-4-2-3-11-9-22-6-5-12(11)16/h2-9H,1H3,(H,23,24). The Morgan fingerprint density at radius 1 is 1.07 bits per heavy atom. The summed E-state index contributed by atoms with van der Waals surface area (Å²) >= 11 is 0. The number of nitrogens with zero attached hydrogens (tertiary/aromatic N) is 2. The summed E-state index contributed by atoms with van der Waals surface area (Å²) in [5.74, 6) is 0.393. The first-order valence-electron chi connectivity index (χ1n) is 7.83. The van der Waals surface area contributed by atoms with Crippen molar-refractivity contribution in [3.63, 3.8) is 0 Å². The average Bonchev–Trinajstić information content (AvgIpc) is 2.98. The number of benzene rings is 2. The zero-order valence-corrected chi connectivity index (χ0v) is 14.7. The van der Waals surface area contributed by atoms with E-state index in [-0.39, 0.29) is 15.9 Å². The van der Waals surface area contributed by atoms with Gasteiger partial charge in [0.15, 0.2) is 0 Å². The molecule has 0 radical (unpaired) electrons. The number of pyridine rings is 1. The molecular weight excluding hydrogens is 379 g/mol. The molecule has 5 nitrogen and oxygen atoms in total. The molecule has 0 bridgehead atoms. The van der Waals surface area contributed by atoms with Gasteiger partial charge in [0.2, 0.25) is 9.84 Å². The van der Waals surface area contributed by atoms with Crippen LogP contribution in [0.5, 0.6) is 0 Å². The summed E-state index contributed by atoms with van der Waals surface area (Å²) in [6.07, 6.45) is -1.99. The average molecular weight is 391 g/mol. The number of aromatic amines is 1. The fourth-order valence-electron chi connectivity index (χ4n) is 3.05. The Labute approximate surface area is 151 Å².